The molecule has 4 heteroatoms. The van der Waals surface area contributed by atoms with Crippen LogP contribution in [0.15, 0.2) is 18.2 Å². The van der Waals surface area contributed by atoms with Gasteiger partial charge in [0.05, 0.1) is 11.7 Å². The van der Waals surface area contributed by atoms with Crippen LogP contribution in [0.5, 0.6) is 0 Å². The predicted octanol–water partition coefficient (Wildman–Crippen LogP) is 2.66. The fraction of sp³-hybridized carbons (Fsp3) is 0.533. The maximum absolute atomic E-state index is 11.2. The van der Waals surface area contributed by atoms with Gasteiger partial charge in [0.2, 0.25) is 0 Å². The Morgan fingerprint density at radius 2 is 2.00 bits per heavy atom. The molecule has 0 bridgehead atoms. The predicted molar refractivity (Wildman–Crippen MR) is 74.6 cm³/mol. The van der Waals surface area contributed by atoms with Crippen LogP contribution in [-0.2, 0) is 0 Å². The molecule has 2 rings (SSSR count). The van der Waals surface area contributed by atoms with Gasteiger partial charge in [-0.2, -0.15) is 0 Å². The highest BCUT2D eigenvalue weighted by Crippen LogP contribution is 2.25. The topological polar surface area (TPSA) is 69.6 Å². The van der Waals surface area contributed by atoms with E-state index in [0.717, 1.165) is 37.8 Å². The number of carboxylic acid groups (broad SMARTS) is 1. The van der Waals surface area contributed by atoms with Gasteiger partial charge in [-0.05, 0) is 56.2 Å². The van der Waals surface area contributed by atoms with E-state index in [1.165, 1.54) is 0 Å². The number of hydrogen-bond acceptors (Lipinski definition) is 3. The van der Waals surface area contributed by atoms with Crippen LogP contribution in [0, 0.1) is 12.8 Å². The minimum atomic E-state index is -0.901. The van der Waals surface area contributed by atoms with Gasteiger partial charge in [-0.3, -0.25) is 0 Å². The Morgan fingerprint density at radius 3 is 2.63 bits per heavy atom. The molecule has 1 aromatic rings. The van der Waals surface area contributed by atoms with Crippen molar-refractivity contribution in [3.05, 3.63) is 29.3 Å². The summed E-state index contributed by atoms with van der Waals surface area (Å²) in [4.78, 5) is 11.2. The highest BCUT2D eigenvalue weighted by atomic mass is 16.4. The van der Waals surface area contributed by atoms with Crippen LogP contribution < -0.4 is 5.32 Å². The van der Waals surface area contributed by atoms with E-state index in [1.54, 1.807) is 6.07 Å². The number of aryl methyl sites for hydroxylation is 1. The first-order valence-corrected chi connectivity index (χ1v) is 6.82. The lowest BCUT2D eigenvalue weighted by molar-refractivity contribution is 0.0698. The Morgan fingerprint density at radius 1 is 1.32 bits per heavy atom. The van der Waals surface area contributed by atoms with Crippen molar-refractivity contribution < 1.29 is 15.0 Å². The molecular weight excluding hydrogens is 242 g/mol. The third kappa shape index (κ3) is 3.70. The first-order chi connectivity index (χ1) is 9.06. The van der Waals surface area contributed by atoms with Crippen LogP contribution in [-0.4, -0.2) is 28.8 Å². The lowest BCUT2D eigenvalue weighted by Gasteiger charge is -2.26. The standard InChI is InChI=1S/C15H21NO3/c1-10-2-7-13(15(18)19)14(8-10)16-9-11-3-5-12(17)6-4-11/h2,7-8,11-12,16-17H,3-6,9H2,1H3,(H,18,19). The lowest BCUT2D eigenvalue weighted by Crippen LogP contribution is -2.24. The number of aliphatic hydroxyl groups is 1. The Kier molecular flexibility index (Phi) is 4.43. The zero-order chi connectivity index (χ0) is 13.8. The molecule has 0 aliphatic heterocycles. The summed E-state index contributed by atoms with van der Waals surface area (Å²) in [5.74, 6) is -0.382. The van der Waals surface area contributed by atoms with Gasteiger partial charge in [0, 0.05) is 12.2 Å². The first kappa shape index (κ1) is 13.9. The molecule has 0 radical (unpaired) electrons. The van der Waals surface area contributed by atoms with Gasteiger partial charge in [0.25, 0.3) is 0 Å². The third-order valence-electron chi connectivity index (χ3n) is 3.80. The molecule has 1 aliphatic rings. The average molecular weight is 263 g/mol. The Hall–Kier alpha value is -1.55. The fourth-order valence-corrected chi connectivity index (χ4v) is 2.59. The monoisotopic (exact) mass is 263 g/mol. The molecule has 0 heterocycles. The molecule has 0 atom stereocenters. The molecule has 104 valence electrons. The summed E-state index contributed by atoms with van der Waals surface area (Å²) in [6, 6.07) is 5.33. The second-order valence-electron chi connectivity index (χ2n) is 5.41. The molecule has 1 fully saturated rings. The van der Waals surface area contributed by atoms with Crippen molar-refractivity contribution in [2.24, 2.45) is 5.92 Å². The number of rotatable bonds is 4. The van der Waals surface area contributed by atoms with Gasteiger partial charge in [-0.15, -0.1) is 0 Å². The largest absolute Gasteiger partial charge is 0.478 e. The van der Waals surface area contributed by atoms with Crippen LogP contribution in [0.4, 0.5) is 5.69 Å². The van der Waals surface area contributed by atoms with Gasteiger partial charge in [-0.25, -0.2) is 4.79 Å². The normalized spacial score (nSPS) is 23.1. The zero-order valence-electron chi connectivity index (χ0n) is 11.2. The van der Waals surface area contributed by atoms with Gasteiger partial charge in [0.15, 0.2) is 0 Å². The summed E-state index contributed by atoms with van der Waals surface area (Å²) in [6.45, 7) is 2.73. The minimum absolute atomic E-state index is 0.148. The number of benzene rings is 1. The van der Waals surface area contributed by atoms with Crippen molar-refractivity contribution in [3.8, 4) is 0 Å². The van der Waals surface area contributed by atoms with E-state index in [1.807, 2.05) is 19.1 Å². The average Bonchev–Trinajstić information content (AvgIpc) is 2.38. The number of nitrogens with one attached hydrogen (secondary N) is 1. The van der Waals surface area contributed by atoms with E-state index < -0.39 is 5.97 Å². The van der Waals surface area contributed by atoms with Crippen molar-refractivity contribution in [3.63, 3.8) is 0 Å². The molecule has 0 aromatic heterocycles. The molecule has 0 amide bonds. The van der Waals surface area contributed by atoms with Crippen molar-refractivity contribution in [2.45, 2.75) is 38.7 Å². The first-order valence-electron chi connectivity index (χ1n) is 6.82. The second kappa shape index (κ2) is 6.06. The Balaban J connectivity index is 1.98. The lowest BCUT2D eigenvalue weighted by atomic mass is 9.87. The Bertz CT molecular complexity index is 451. The van der Waals surface area contributed by atoms with Crippen molar-refractivity contribution >= 4 is 11.7 Å². The summed E-state index contributed by atoms with van der Waals surface area (Å²) in [6.07, 6.45) is 3.56. The van der Waals surface area contributed by atoms with Crippen molar-refractivity contribution in [1.29, 1.82) is 0 Å². The summed E-state index contributed by atoms with van der Waals surface area (Å²) in [7, 11) is 0. The molecule has 0 saturated heterocycles. The van der Waals surface area contributed by atoms with Gasteiger partial charge < -0.3 is 15.5 Å². The maximum atomic E-state index is 11.2. The molecule has 1 aromatic carbocycles. The summed E-state index contributed by atoms with van der Waals surface area (Å²) in [5.41, 5.74) is 2.06. The van der Waals surface area contributed by atoms with Gasteiger partial charge >= 0.3 is 5.97 Å². The van der Waals surface area contributed by atoms with Crippen LogP contribution in [0.1, 0.15) is 41.6 Å². The molecular formula is C15H21NO3. The van der Waals surface area contributed by atoms with Crippen molar-refractivity contribution in [1.82, 2.24) is 0 Å². The molecule has 1 aliphatic carbocycles. The molecule has 3 N–H and O–H groups in total. The summed E-state index contributed by atoms with van der Waals surface area (Å²) >= 11 is 0. The minimum Gasteiger partial charge on any atom is -0.478 e. The SMILES string of the molecule is Cc1ccc(C(=O)O)c(NCC2CCC(O)CC2)c1. The molecule has 1 saturated carbocycles. The molecule has 0 unspecified atom stereocenters. The number of anilines is 1. The number of aromatic carboxylic acids is 1. The number of aliphatic hydroxyl groups excluding tert-OH is 1. The highest BCUT2D eigenvalue weighted by Gasteiger charge is 2.19. The Labute approximate surface area is 113 Å². The maximum Gasteiger partial charge on any atom is 0.337 e. The van der Waals surface area contributed by atoms with E-state index >= 15 is 0 Å². The van der Waals surface area contributed by atoms with E-state index in [0.29, 0.717) is 17.2 Å². The zero-order valence-corrected chi connectivity index (χ0v) is 11.2. The fourth-order valence-electron chi connectivity index (χ4n) is 2.59. The van der Waals surface area contributed by atoms with Gasteiger partial charge in [0.1, 0.15) is 0 Å². The summed E-state index contributed by atoms with van der Waals surface area (Å²) < 4.78 is 0. The van der Waals surface area contributed by atoms with Gasteiger partial charge in [-0.1, -0.05) is 6.07 Å². The molecule has 19 heavy (non-hydrogen) atoms. The van der Waals surface area contributed by atoms with Crippen LogP contribution >= 0.6 is 0 Å². The number of carboxylic acids is 1. The number of hydrogen-bond donors (Lipinski definition) is 3. The third-order valence-corrected chi connectivity index (χ3v) is 3.80. The quantitative estimate of drug-likeness (QED) is 0.781. The second-order valence-corrected chi connectivity index (χ2v) is 5.41. The van der Waals surface area contributed by atoms with Crippen LogP contribution in [0.25, 0.3) is 0 Å². The smallest absolute Gasteiger partial charge is 0.337 e. The van der Waals surface area contributed by atoms with E-state index in [2.05, 4.69) is 5.32 Å². The summed E-state index contributed by atoms with van der Waals surface area (Å²) in [5, 5.41) is 21.9. The van der Waals surface area contributed by atoms with Crippen LogP contribution in [0.3, 0.4) is 0 Å². The van der Waals surface area contributed by atoms with E-state index in [4.69, 9.17) is 5.11 Å². The van der Waals surface area contributed by atoms with Crippen molar-refractivity contribution in [2.75, 3.05) is 11.9 Å². The van der Waals surface area contributed by atoms with E-state index in [9.17, 15) is 9.90 Å². The number of carbonyl (C=O) groups is 1. The van der Waals surface area contributed by atoms with E-state index in [-0.39, 0.29) is 6.10 Å². The molecule has 0 spiro atoms. The highest BCUT2D eigenvalue weighted by molar-refractivity contribution is 5.94. The molecule has 4 nitrogen and oxygen atoms in total. The van der Waals surface area contributed by atoms with Crippen LogP contribution in [0.2, 0.25) is 0 Å².